The quantitative estimate of drug-likeness (QED) is 0.614. The van der Waals surface area contributed by atoms with Crippen molar-refractivity contribution < 1.29 is 0 Å². The van der Waals surface area contributed by atoms with E-state index in [0.29, 0.717) is 0 Å². The average molecular weight is 226 g/mol. The topological polar surface area (TPSA) is 48.8 Å². The van der Waals surface area contributed by atoms with Gasteiger partial charge in [0.25, 0.3) is 0 Å². The van der Waals surface area contributed by atoms with Gasteiger partial charge in [-0.1, -0.05) is 0 Å². The minimum atomic E-state index is 0.809. The smallest absolute Gasteiger partial charge is 0.106 e. The third-order valence-corrected chi connectivity index (χ3v) is 1.64. The number of nitrogens with zero attached hydrogens (tertiary/aromatic N) is 1. The summed E-state index contributed by atoms with van der Waals surface area (Å²) in [7, 11) is 0. The SMILES string of the molecule is N=C/C=C\Nc1ccc(Br)nc1. The molecule has 0 radical (unpaired) electrons. The summed E-state index contributed by atoms with van der Waals surface area (Å²) in [5, 5.41) is 9.69. The molecule has 0 spiro atoms. The third-order valence-electron chi connectivity index (χ3n) is 1.17. The lowest BCUT2D eigenvalue weighted by atomic mass is 10.4. The van der Waals surface area contributed by atoms with Gasteiger partial charge in [-0.3, -0.25) is 0 Å². The minimum Gasteiger partial charge on any atom is -0.360 e. The number of rotatable bonds is 3. The van der Waals surface area contributed by atoms with Crippen LogP contribution >= 0.6 is 15.9 Å². The van der Waals surface area contributed by atoms with Gasteiger partial charge in [0.1, 0.15) is 4.60 Å². The van der Waals surface area contributed by atoms with Crippen molar-refractivity contribution in [2.75, 3.05) is 5.32 Å². The number of anilines is 1. The van der Waals surface area contributed by atoms with Gasteiger partial charge in [0, 0.05) is 12.4 Å². The monoisotopic (exact) mass is 225 g/mol. The Morgan fingerprint density at radius 1 is 1.50 bits per heavy atom. The van der Waals surface area contributed by atoms with Gasteiger partial charge in [-0.25, -0.2) is 4.98 Å². The van der Waals surface area contributed by atoms with Crippen LogP contribution in [-0.4, -0.2) is 11.2 Å². The van der Waals surface area contributed by atoms with Crippen LogP contribution in [0.3, 0.4) is 0 Å². The van der Waals surface area contributed by atoms with E-state index >= 15 is 0 Å². The molecule has 2 N–H and O–H groups in total. The van der Waals surface area contributed by atoms with E-state index in [2.05, 4.69) is 26.2 Å². The van der Waals surface area contributed by atoms with Crippen molar-refractivity contribution in [3.63, 3.8) is 0 Å². The summed E-state index contributed by atoms with van der Waals surface area (Å²) < 4.78 is 0.809. The molecule has 0 saturated carbocycles. The highest BCUT2D eigenvalue weighted by molar-refractivity contribution is 9.10. The lowest BCUT2D eigenvalue weighted by Gasteiger charge is -1.97. The molecule has 3 nitrogen and oxygen atoms in total. The van der Waals surface area contributed by atoms with E-state index in [-0.39, 0.29) is 0 Å². The van der Waals surface area contributed by atoms with Gasteiger partial charge in [0.2, 0.25) is 0 Å². The summed E-state index contributed by atoms with van der Waals surface area (Å²) >= 11 is 3.23. The highest BCUT2D eigenvalue weighted by atomic mass is 79.9. The summed E-state index contributed by atoms with van der Waals surface area (Å²) in [4.78, 5) is 4.02. The van der Waals surface area contributed by atoms with Crippen LogP contribution < -0.4 is 5.32 Å². The van der Waals surface area contributed by atoms with Crippen LogP contribution in [0, 0.1) is 5.41 Å². The molecule has 0 saturated heterocycles. The third kappa shape index (κ3) is 2.84. The van der Waals surface area contributed by atoms with Crippen molar-refractivity contribution in [3.05, 3.63) is 35.2 Å². The number of aromatic nitrogens is 1. The number of hydrogen-bond donors (Lipinski definition) is 2. The Hall–Kier alpha value is -1.16. The first kappa shape index (κ1) is 8.93. The van der Waals surface area contributed by atoms with Crippen molar-refractivity contribution in [1.29, 1.82) is 5.41 Å². The number of nitrogens with one attached hydrogen (secondary N) is 2. The largest absolute Gasteiger partial charge is 0.360 e. The standard InChI is InChI=1S/C8H8BrN3/c9-8-3-2-7(6-12-8)11-5-1-4-10/h1-6,10-11H/b5-1-,10-4?. The van der Waals surface area contributed by atoms with Gasteiger partial charge in [-0.15, -0.1) is 0 Å². The van der Waals surface area contributed by atoms with Crippen molar-refractivity contribution in [2.24, 2.45) is 0 Å². The van der Waals surface area contributed by atoms with Crippen LogP contribution in [-0.2, 0) is 0 Å². The van der Waals surface area contributed by atoms with E-state index in [1.54, 1.807) is 18.5 Å². The molecule has 0 aliphatic rings. The maximum atomic E-state index is 6.73. The van der Waals surface area contributed by atoms with E-state index in [4.69, 9.17) is 5.41 Å². The Labute approximate surface area is 79.2 Å². The minimum absolute atomic E-state index is 0.809. The van der Waals surface area contributed by atoms with Crippen LogP contribution in [0.5, 0.6) is 0 Å². The summed E-state index contributed by atoms with van der Waals surface area (Å²) in [6.07, 6.45) is 6.19. The Kier molecular flexibility index (Phi) is 3.47. The highest BCUT2D eigenvalue weighted by Gasteiger charge is 1.88. The van der Waals surface area contributed by atoms with Gasteiger partial charge < -0.3 is 10.7 Å². The van der Waals surface area contributed by atoms with Crippen molar-refractivity contribution in [1.82, 2.24) is 4.98 Å². The Balaban J connectivity index is 2.58. The number of allylic oxidation sites excluding steroid dienone is 1. The second-order valence-corrected chi connectivity index (χ2v) is 2.85. The lowest BCUT2D eigenvalue weighted by Crippen LogP contribution is -1.87. The average Bonchev–Trinajstić information content (AvgIpc) is 2.09. The van der Waals surface area contributed by atoms with Crippen LogP contribution in [0.25, 0.3) is 0 Å². The molecule has 0 aromatic carbocycles. The fourth-order valence-electron chi connectivity index (χ4n) is 0.654. The molecule has 0 aliphatic carbocycles. The molecule has 1 aromatic heterocycles. The molecule has 0 fully saturated rings. The van der Waals surface area contributed by atoms with Gasteiger partial charge in [0.15, 0.2) is 0 Å². The second kappa shape index (κ2) is 4.66. The maximum Gasteiger partial charge on any atom is 0.106 e. The second-order valence-electron chi connectivity index (χ2n) is 2.04. The number of hydrogen-bond acceptors (Lipinski definition) is 3. The van der Waals surface area contributed by atoms with Gasteiger partial charge >= 0.3 is 0 Å². The van der Waals surface area contributed by atoms with E-state index < -0.39 is 0 Å². The Morgan fingerprint density at radius 3 is 2.92 bits per heavy atom. The molecule has 0 aliphatic heterocycles. The van der Waals surface area contributed by atoms with Crippen LogP contribution in [0.1, 0.15) is 0 Å². The van der Waals surface area contributed by atoms with E-state index in [9.17, 15) is 0 Å². The first-order valence-electron chi connectivity index (χ1n) is 3.36. The molecule has 0 amide bonds. The fraction of sp³-hybridized carbons (Fsp3) is 0. The predicted octanol–water partition coefficient (Wildman–Crippen LogP) is 2.42. The van der Waals surface area contributed by atoms with Gasteiger partial charge in [0.05, 0.1) is 11.9 Å². The van der Waals surface area contributed by atoms with E-state index in [0.717, 1.165) is 10.3 Å². The Bertz CT molecular complexity index is 279. The first-order chi connectivity index (χ1) is 5.83. The molecule has 1 heterocycles. The molecule has 4 heteroatoms. The molecule has 0 bridgehead atoms. The van der Waals surface area contributed by atoms with Crippen molar-refractivity contribution in [2.45, 2.75) is 0 Å². The molecular weight excluding hydrogens is 218 g/mol. The van der Waals surface area contributed by atoms with E-state index in [1.807, 2.05) is 12.1 Å². The van der Waals surface area contributed by atoms with Crippen LogP contribution in [0.15, 0.2) is 35.2 Å². The zero-order valence-electron chi connectivity index (χ0n) is 6.29. The van der Waals surface area contributed by atoms with Gasteiger partial charge in [-0.2, -0.15) is 0 Å². The molecule has 1 aromatic rings. The summed E-state index contributed by atoms with van der Waals surface area (Å²) in [6, 6.07) is 3.74. The molecule has 62 valence electrons. The van der Waals surface area contributed by atoms with E-state index in [1.165, 1.54) is 6.21 Å². The zero-order valence-corrected chi connectivity index (χ0v) is 7.88. The molecule has 0 unspecified atom stereocenters. The number of pyridine rings is 1. The first-order valence-corrected chi connectivity index (χ1v) is 4.16. The predicted molar refractivity (Wildman–Crippen MR) is 53.5 cm³/mol. The summed E-state index contributed by atoms with van der Waals surface area (Å²) in [6.45, 7) is 0. The lowest BCUT2D eigenvalue weighted by molar-refractivity contribution is 1.27. The van der Waals surface area contributed by atoms with Crippen LogP contribution in [0.4, 0.5) is 5.69 Å². The molecular formula is C8H8BrN3. The molecule has 12 heavy (non-hydrogen) atoms. The molecule has 1 rings (SSSR count). The number of halogens is 1. The highest BCUT2D eigenvalue weighted by Crippen LogP contribution is 2.09. The zero-order chi connectivity index (χ0) is 8.81. The normalized spacial score (nSPS) is 10.1. The van der Waals surface area contributed by atoms with Gasteiger partial charge in [-0.05, 0) is 34.1 Å². The Morgan fingerprint density at radius 2 is 2.33 bits per heavy atom. The summed E-state index contributed by atoms with van der Waals surface area (Å²) in [5.41, 5.74) is 0.899. The van der Waals surface area contributed by atoms with Crippen molar-refractivity contribution >= 4 is 27.8 Å². The van der Waals surface area contributed by atoms with Crippen molar-refractivity contribution in [3.8, 4) is 0 Å². The maximum absolute atomic E-state index is 6.73. The summed E-state index contributed by atoms with van der Waals surface area (Å²) in [5.74, 6) is 0. The van der Waals surface area contributed by atoms with Crippen LogP contribution in [0.2, 0.25) is 0 Å². The molecule has 0 atom stereocenters. The fourth-order valence-corrected chi connectivity index (χ4v) is 0.888.